The predicted octanol–water partition coefficient (Wildman–Crippen LogP) is 3.03. The van der Waals surface area contributed by atoms with E-state index in [9.17, 15) is 18.8 Å². The van der Waals surface area contributed by atoms with Gasteiger partial charge in [0.2, 0.25) is 5.91 Å². The Labute approximate surface area is 193 Å². The molecule has 2 amide bonds. The van der Waals surface area contributed by atoms with Gasteiger partial charge in [-0.25, -0.2) is 4.39 Å². The van der Waals surface area contributed by atoms with Crippen molar-refractivity contribution in [3.63, 3.8) is 0 Å². The molecule has 2 fully saturated rings. The minimum atomic E-state index is -0.891. The summed E-state index contributed by atoms with van der Waals surface area (Å²) in [6.45, 7) is 6.69. The molecule has 0 spiro atoms. The molecule has 2 aliphatic rings. The number of benzene rings is 2. The molecule has 0 saturated carbocycles. The first-order valence-corrected chi connectivity index (χ1v) is 11.2. The lowest BCUT2D eigenvalue weighted by Crippen LogP contribution is -2.53. The molecule has 0 aliphatic carbocycles. The summed E-state index contributed by atoms with van der Waals surface area (Å²) < 4.78 is 18.9. The van der Waals surface area contributed by atoms with Gasteiger partial charge in [-0.15, -0.1) is 0 Å². The zero-order valence-electron chi connectivity index (χ0n) is 19.1. The zero-order valence-corrected chi connectivity index (χ0v) is 19.1. The van der Waals surface area contributed by atoms with Crippen molar-refractivity contribution in [1.82, 2.24) is 10.2 Å². The Morgan fingerprint density at radius 2 is 1.79 bits per heavy atom. The van der Waals surface area contributed by atoms with Crippen LogP contribution in [0.1, 0.15) is 48.7 Å². The van der Waals surface area contributed by atoms with Crippen molar-refractivity contribution in [2.45, 2.75) is 57.2 Å². The quantitative estimate of drug-likeness (QED) is 0.757. The zero-order chi connectivity index (χ0) is 23.8. The van der Waals surface area contributed by atoms with Crippen molar-refractivity contribution < 1.29 is 23.5 Å². The summed E-state index contributed by atoms with van der Waals surface area (Å²) in [7, 11) is 0. The maximum atomic E-state index is 13.5. The Balaban J connectivity index is 1.56. The standard InChI is InChI=1S/C26H29FN2O4/c1-26(2,3)18-8-6-17(7-9-18)24(31)28-20(14-16-4-10-19(27)11-5-16)25(32)29-13-12-22-23(29)21(30)15-33-22/h4-11,20,22-23H,12-15H2,1-3H3,(H,28,31)/t20-,22?,23?/m0/s1. The highest BCUT2D eigenvalue weighted by Gasteiger charge is 2.48. The second-order valence-electron chi connectivity index (χ2n) is 9.76. The van der Waals surface area contributed by atoms with E-state index in [-0.39, 0.29) is 48.0 Å². The second-order valence-corrected chi connectivity index (χ2v) is 9.76. The summed E-state index contributed by atoms with van der Waals surface area (Å²) in [6, 6.07) is 11.6. The fraction of sp³-hybridized carbons (Fsp3) is 0.423. The molecule has 2 aromatic carbocycles. The van der Waals surface area contributed by atoms with Crippen molar-refractivity contribution in [3.05, 3.63) is 71.0 Å². The molecule has 2 saturated heterocycles. The second kappa shape index (κ2) is 9.06. The topological polar surface area (TPSA) is 75.7 Å². The van der Waals surface area contributed by atoms with Crippen molar-refractivity contribution in [1.29, 1.82) is 0 Å². The Morgan fingerprint density at radius 1 is 1.12 bits per heavy atom. The number of hydrogen-bond acceptors (Lipinski definition) is 4. The van der Waals surface area contributed by atoms with Crippen LogP contribution in [0.25, 0.3) is 0 Å². The van der Waals surface area contributed by atoms with Gasteiger partial charge < -0.3 is 15.0 Å². The summed E-state index contributed by atoms with van der Waals surface area (Å²) in [6.07, 6.45) is 0.496. The lowest BCUT2D eigenvalue weighted by Gasteiger charge is -2.28. The monoisotopic (exact) mass is 452 g/mol. The van der Waals surface area contributed by atoms with Gasteiger partial charge in [-0.3, -0.25) is 14.4 Å². The average molecular weight is 453 g/mol. The largest absolute Gasteiger partial charge is 0.368 e. The van der Waals surface area contributed by atoms with Gasteiger partial charge in [0.15, 0.2) is 5.78 Å². The van der Waals surface area contributed by atoms with Crippen LogP contribution in [-0.2, 0) is 26.2 Å². The SMILES string of the molecule is CC(C)(C)c1ccc(C(=O)N[C@@H](Cc2ccc(F)cc2)C(=O)N2CCC3OCC(=O)C32)cc1. The third kappa shape index (κ3) is 4.98. The molecule has 2 heterocycles. The summed E-state index contributed by atoms with van der Waals surface area (Å²) in [5.74, 6) is -1.19. The number of fused-ring (bicyclic) bond motifs is 1. The third-order valence-electron chi connectivity index (χ3n) is 6.36. The number of carbonyl (C=O) groups excluding carboxylic acids is 3. The molecule has 0 bridgehead atoms. The number of nitrogens with one attached hydrogen (secondary N) is 1. The van der Waals surface area contributed by atoms with E-state index >= 15 is 0 Å². The number of likely N-dealkylation sites (tertiary alicyclic amines) is 1. The molecule has 0 radical (unpaired) electrons. The Hall–Kier alpha value is -3.06. The van der Waals surface area contributed by atoms with E-state index in [2.05, 4.69) is 26.1 Å². The fourth-order valence-corrected chi connectivity index (χ4v) is 4.46. The number of hydrogen-bond donors (Lipinski definition) is 1. The first-order valence-electron chi connectivity index (χ1n) is 11.2. The van der Waals surface area contributed by atoms with Crippen molar-refractivity contribution in [2.24, 2.45) is 0 Å². The number of carbonyl (C=O) groups is 3. The van der Waals surface area contributed by atoms with E-state index < -0.39 is 12.1 Å². The van der Waals surface area contributed by atoms with Crippen LogP contribution in [0.5, 0.6) is 0 Å². The molecule has 174 valence electrons. The number of ketones is 1. The first kappa shape index (κ1) is 23.1. The molecule has 2 aromatic rings. The fourth-order valence-electron chi connectivity index (χ4n) is 4.46. The van der Waals surface area contributed by atoms with Gasteiger partial charge in [0.25, 0.3) is 5.91 Å². The predicted molar refractivity (Wildman–Crippen MR) is 121 cm³/mol. The van der Waals surface area contributed by atoms with Crippen molar-refractivity contribution >= 4 is 17.6 Å². The smallest absolute Gasteiger partial charge is 0.251 e. The van der Waals surface area contributed by atoms with Crippen LogP contribution in [0.4, 0.5) is 4.39 Å². The number of halogens is 1. The van der Waals surface area contributed by atoms with Gasteiger partial charge in [-0.1, -0.05) is 45.0 Å². The maximum Gasteiger partial charge on any atom is 0.251 e. The molecule has 2 aliphatic heterocycles. The van der Waals surface area contributed by atoms with Gasteiger partial charge >= 0.3 is 0 Å². The van der Waals surface area contributed by atoms with Crippen molar-refractivity contribution in [2.75, 3.05) is 13.2 Å². The molecule has 1 N–H and O–H groups in total. The highest BCUT2D eigenvalue weighted by molar-refractivity contribution is 5.99. The summed E-state index contributed by atoms with van der Waals surface area (Å²) >= 11 is 0. The Kier molecular flexibility index (Phi) is 6.34. The maximum absolute atomic E-state index is 13.5. The number of nitrogens with zero attached hydrogens (tertiary/aromatic N) is 1. The number of rotatable bonds is 5. The molecule has 6 nitrogen and oxygen atoms in total. The average Bonchev–Trinajstić information content (AvgIpc) is 3.37. The highest BCUT2D eigenvalue weighted by Crippen LogP contribution is 2.28. The minimum Gasteiger partial charge on any atom is -0.368 e. The molecular formula is C26H29FN2O4. The van der Waals surface area contributed by atoms with Gasteiger partial charge in [-0.05, 0) is 47.2 Å². The minimum absolute atomic E-state index is 0.00816. The van der Waals surface area contributed by atoms with Gasteiger partial charge in [0.05, 0.1) is 6.10 Å². The number of amides is 2. The van der Waals surface area contributed by atoms with E-state index in [0.29, 0.717) is 24.1 Å². The van der Waals surface area contributed by atoms with Gasteiger partial charge in [-0.2, -0.15) is 0 Å². The number of ether oxygens (including phenoxy) is 1. The number of Topliss-reactive ketones (excluding diaryl/α,β-unsaturated/α-hetero) is 1. The van der Waals surface area contributed by atoms with E-state index in [1.165, 1.54) is 17.0 Å². The molecule has 3 atom stereocenters. The molecule has 0 aromatic heterocycles. The van der Waals surface area contributed by atoms with E-state index in [0.717, 1.165) is 5.56 Å². The normalized spacial score (nSPS) is 21.1. The third-order valence-corrected chi connectivity index (χ3v) is 6.36. The summed E-state index contributed by atoms with van der Waals surface area (Å²) in [5.41, 5.74) is 2.21. The van der Waals surface area contributed by atoms with Crippen LogP contribution in [0.3, 0.4) is 0 Å². The van der Waals surface area contributed by atoms with Crippen LogP contribution in [0.15, 0.2) is 48.5 Å². The van der Waals surface area contributed by atoms with Crippen LogP contribution in [0.2, 0.25) is 0 Å². The van der Waals surface area contributed by atoms with Crippen LogP contribution >= 0.6 is 0 Å². The van der Waals surface area contributed by atoms with Crippen molar-refractivity contribution in [3.8, 4) is 0 Å². The van der Waals surface area contributed by atoms with E-state index in [4.69, 9.17) is 4.74 Å². The lowest BCUT2D eigenvalue weighted by atomic mass is 9.86. The van der Waals surface area contributed by atoms with E-state index in [1.54, 1.807) is 24.3 Å². The Bertz CT molecular complexity index is 1040. The molecule has 4 rings (SSSR count). The lowest BCUT2D eigenvalue weighted by molar-refractivity contribution is -0.138. The van der Waals surface area contributed by atoms with E-state index in [1.807, 2.05) is 12.1 Å². The van der Waals surface area contributed by atoms with Crippen LogP contribution < -0.4 is 5.32 Å². The van der Waals surface area contributed by atoms with Gasteiger partial charge in [0, 0.05) is 18.5 Å². The Morgan fingerprint density at radius 3 is 2.42 bits per heavy atom. The molecule has 7 heteroatoms. The molecule has 33 heavy (non-hydrogen) atoms. The van der Waals surface area contributed by atoms with Gasteiger partial charge in [0.1, 0.15) is 24.5 Å². The van der Waals surface area contributed by atoms with Crippen LogP contribution in [-0.4, -0.2) is 53.8 Å². The molecular weight excluding hydrogens is 423 g/mol. The first-order chi connectivity index (χ1) is 15.6. The highest BCUT2D eigenvalue weighted by atomic mass is 19.1. The van der Waals surface area contributed by atoms with Crippen LogP contribution in [0, 0.1) is 5.82 Å². The molecule has 2 unspecified atom stereocenters. The summed E-state index contributed by atoms with van der Waals surface area (Å²) in [4.78, 5) is 40.3. The summed E-state index contributed by atoms with van der Waals surface area (Å²) in [5, 5.41) is 2.85.